The van der Waals surface area contributed by atoms with Gasteiger partial charge >= 0.3 is 0 Å². The van der Waals surface area contributed by atoms with Crippen molar-refractivity contribution >= 4 is 0 Å². The molecule has 0 aliphatic carbocycles. The summed E-state index contributed by atoms with van der Waals surface area (Å²) < 4.78 is 0. The highest BCUT2D eigenvalue weighted by molar-refractivity contribution is 5.91. The molecule has 0 amide bonds. The van der Waals surface area contributed by atoms with E-state index in [4.69, 9.17) is 15.0 Å². The third-order valence-electron chi connectivity index (χ3n) is 9.82. The van der Waals surface area contributed by atoms with Gasteiger partial charge in [-0.1, -0.05) is 212 Å². The third-order valence-corrected chi connectivity index (χ3v) is 9.82. The number of hydrogen-bond donors (Lipinski definition) is 0. The summed E-state index contributed by atoms with van der Waals surface area (Å²) in [5.41, 5.74) is 14.3. The summed E-state index contributed by atoms with van der Waals surface area (Å²) in [6.45, 7) is 0. The summed E-state index contributed by atoms with van der Waals surface area (Å²) in [7, 11) is 0. The molecule has 0 aliphatic heterocycles. The summed E-state index contributed by atoms with van der Waals surface area (Å²) in [6.07, 6.45) is 0. The fourth-order valence-electron chi connectivity index (χ4n) is 7.10. The van der Waals surface area contributed by atoms with Crippen molar-refractivity contribution in [1.29, 1.82) is 0 Å². The van der Waals surface area contributed by atoms with E-state index >= 15 is 0 Å². The second-order valence-corrected chi connectivity index (χ2v) is 13.2. The molecular formula is C51H35N3. The van der Waals surface area contributed by atoms with Crippen LogP contribution in [0.3, 0.4) is 0 Å². The lowest BCUT2D eigenvalue weighted by atomic mass is 9.91. The predicted octanol–water partition coefficient (Wildman–Crippen LogP) is 13.2. The van der Waals surface area contributed by atoms with Gasteiger partial charge in [-0.2, -0.15) is 0 Å². The van der Waals surface area contributed by atoms with Gasteiger partial charge in [0.1, 0.15) is 0 Å². The van der Waals surface area contributed by atoms with Crippen LogP contribution in [-0.4, -0.2) is 15.0 Å². The van der Waals surface area contributed by atoms with Gasteiger partial charge in [-0.25, -0.2) is 15.0 Å². The van der Waals surface area contributed by atoms with Gasteiger partial charge in [0.15, 0.2) is 17.5 Å². The molecule has 254 valence electrons. The highest BCUT2D eigenvalue weighted by Crippen LogP contribution is 2.39. The van der Waals surface area contributed by atoms with Gasteiger partial charge < -0.3 is 0 Å². The maximum atomic E-state index is 5.20. The second-order valence-electron chi connectivity index (χ2n) is 13.2. The molecular weight excluding hydrogens is 655 g/mol. The molecule has 9 rings (SSSR count). The number of hydrogen-bond acceptors (Lipinski definition) is 3. The first kappa shape index (κ1) is 32.7. The van der Waals surface area contributed by atoms with Crippen LogP contribution in [0.2, 0.25) is 0 Å². The first-order valence-electron chi connectivity index (χ1n) is 18.2. The molecule has 0 aliphatic rings. The van der Waals surface area contributed by atoms with Crippen molar-refractivity contribution in [2.45, 2.75) is 0 Å². The minimum absolute atomic E-state index is 0.621. The van der Waals surface area contributed by atoms with E-state index in [1.54, 1.807) is 0 Å². The Morgan fingerprint density at radius 3 is 0.889 bits per heavy atom. The van der Waals surface area contributed by atoms with Gasteiger partial charge in [0.2, 0.25) is 0 Å². The van der Waals surface area contributed by atoms with E-state index in [0.29, 0.717) is 17.5 Å². The van der Waals surface area contributed by atoms with Crippen LogP contribution in [-0.2, 0) is 0 Å². The monoisotopic (exact) mass is 689 g/mol. The first-order valence-corrected chi connectivity index (χ1v) is 18.2. The smallest absolute Gasteiger partial charge is 0.164 e. The van der Waals surface area contributed by atoms with Gasteiger partial charge in [-0.3, -0.25) is 0 Å². The molecule has 0 atom stereocenters. The molecule has 8 aromatic carbocycles. The molecule has 0 saturated heterocycles. The SMILES string of the molecule is c1ccc(-c2ccc(-c3nc(-c4ccc(-c5ccccc5-c5ccccc5)cc4)nc(-c4ccccc4-c4ccccc4-c4ccccc4)n3)cc2)cc1. The summed E-state index contributed by atoms with van der Waals surface area (Å²) in [5, 5.41) is 0. The fraction of sp³-hybridized carbons (Fsp3) is 0. The molecule has 0 N–H and O–H groups in total. The van der Waals surface area contributed by atoms with E-state index in [2.05, 4.69) is 206 Å². The summed E-state index contributed by atoms with van der Waals surface area (Å²) >= 11 is 0. The lowest BCUT2D eigenvalue weighted by molar-refractivity contribution is 1.07. The standard InChI is InChI=1S/C51H35N3/c1-4-16-36(17-5-1)37-28-32-41(33-29-37)49-52-50(42-34-30-40(31-35-42)44-23-11-10-22-43(44)38-18-6-2-7-19-38)54-51(53-49)48-27-15-14-26-47(48)46-25-13-12-24-45(46)39-20-8-3-9-21-39/h1-35H. The molecule has 1 aromatic heterocycles. The largest absolute Gasteiger partial charge is 0.208 e. The van der Waals surface area contributed by atoms with Crippen LogP contribution in [0.15, 0.2) is 212 Å². The fourth-order valence-corrected chi connectivity index (χ4v) is 7.10. The van der Waals surface area contributed by atoms with Crippen LogP contribution in [0.4, 0.5) is 0 Å². The highest BCUT2D eigenvalue weighted by Gasteiger charge is 2.18. The van der Waals surface area contributed by atoms with Crippen LogP contribution in [0.1, 0.15) is 0 Å². The quantitative estimate of drug-likeness (QED) is 0.159. The summed E-state index contributed by atoms with van der Waals surface area (Å²) in [4.78, 5) is 15.5. The molecule has 0 unspecified atom stereocenters. The van der Waals surface area contributed by atoms with Crippen LogP contribution in [0.25, 0.3) is 89.8 Å². The topological polar surface area (TPSA) is 38.7 Å². The maximum Gasteiger partial charge on any atom is 0.164 e. The number of nitrogens with zero attached hydrogens (tertiary/aromatic N) is 3. The molecule has 0 radical (unpaired) electrons. The first-order chi connectivity index (χ1) is 26.8. The van der Waals surface area contributed by atoms with Gasteiger partial charge in [-0.05, 0) is 55.6 Å². The minimum Gasteiger partial charge on any atom is -0.208 e. The van der Waals surface area contributed by atoms with Crippen molar-refractivity contribution < 1.29 is 0 Å². The lowest BCUT2D eigenvalue weighted by Gasteiger charge is -2.15. The van der Waals surface area contributed by atoms with E-state index in [0.717, 1.165) is 50.1 Å². The zero-order chi connectivity index (χ0) is 36.1. The Bertz CT molecular complexity index is 2670. The van der Waals surface area contributed by atoms with Crippen LogP contribution < -0.4 is 0 Å². The van der Waals surface area contributed by atoms with E-state index < -0.39 is 0 Å². The Labute approximate surface area is 316 Å². The van der Waals surface area contributed by atoms with Crippen molar-refractivity contribution in [2.75, 3.05) is 0 Å². The molecule has 0 spiro atoms. The Hall–Kier alpha value is -7.23. The van der Waals surface area contributed by atoms with Gasteiger partial charge in [0.05, 0.1) is 0 Å². The molecule has 0 fully saturated rings. The predicted molar refractivity (Wildman–Crippen MR) is 223 cm³/mol. The van der Waals surface area contributed by atoms with Crippen molar-refractivity contribution in [3.8, 4) is 89.8 Å². The third kappa shape index (κ3) is 6.63. The van der Waals surface area contributed by atoms with Gasteiger partial charge in [-0.15, -0.1) is 0 Å². The highest BCUT2D eigenvalue weighted by atomic mass is 15.0. The Morgan fingerprint density at radius 1 is 0.167 bits per heavy atom. The van der Waals surface area contributed by atoms with E-state index in [1.165, 1.54) is 22.3 Å². The Kier molecular flexibility index (Phi) is 8.94. The van der Waals surface area contributed by atoms with Gasteiger partial charge in [0.25, 0.3) is 0 Å². The minimum atomic E-state index is 0.621. The summed E-state index contributed by atoms with van der Waals surface area (Å²) in [6, 6.07) is 74.0. The number of benzene rings is 8. The Morgan fingerprint density at radius 2 is 0.426 bits per heavy atom. The van der Waals surface area contributed by atoms with Crippen molar-refractivity contribution in [3.05, 3.63) is 212 Å². The molecule has 0 saturated carbocycles. The molecule has 0 bridgehead atoms. The van der Waals surface area contributed by atoms with E-state index in [9.17, 15) is 0 Å². The van der Waals surface area contributed by atoms with Crippen molar-refractivity contribution in [3.63, 3.8) is 0 Å². The molecule has 1 heterocycles. The second kappa shape index (κ2) is 14.8. The average Bonchev–Trinajstić information content (AvgIpc) is 3.27. The van der Waals surface area contributed by atoms with E-state index in [-0.39, 0.29) is 0 Å². The normalized spacial score (nSPS) is 11.0. The molecule has 9 aromatic rings. The molecule has 54 heavy (non-hydrogen) atoms. The van der Waals surface area contributed by atoms with Crippen molar-refractivity contribution in [2.24, 2.45) is 0 Å². The average molecular weight is 690 g/mol. The summed E-state index contributed by atoms with van der Waals surface area (Å²) in [5.74, 6) is 1.87. The Balaban J connectivity index is 1.17. The van der Waals surface area contributed by atoms with E-state index in [1.807, 2.05) is 6.07 Å². The number of aromatic nitrogens is 3. The lowest BCUT2D eigenvalue weighted by Crippen LogP contribution is -2.01. The zero-order valence-corrected chi connectivity index (χ0v) is 29.5. The number of rotatable bonds is 8. The molecule has 3 nitrogen and oxygen atoms in total. The van der Waals surface area contributed by atoms with Crippen molar-refractivity contribution in [1.82, 2.24) is 15.0 Å². The van der Waals surface area contributed by atoms with Crippen LogP contribution in [0, 0.1) is 0 Å². The van der Waals surface area contributed by atoms with Gasteiger partial charge in [0, 0.05) is 16.7 Å². The molecule has 3 heteroatoms. The maximum absolute atomic E-state index is 5.20. The van der Waals surface area contributed by atoms with Crippen LogP contribution in [0.5, 0.6) is 0 Å². The van der Waals surface area contributed by atoms with Crippen LogP contribution >= 0.6 is 0 Å². The zero-order valence-electron chi connectivity index (χ0n) is 29.5.